The Labute approximate surface area is 135 Å². The topological polar surface area (TPSA) is 29.9 Å². The van der Waals surface area contributed by atoms with Crippen LogP contribution in [0.25, 0.3) is 11.0 Å². The summed E-state index contributed by atoms with van der Waals surface area (Å²) in [5, 5.41) is 0. The van der Waals surface area contributed by atoms with Crippen LogP contribution in [0.4, 0.5) is 4.39 Å². The van der Waals surface area contributed by atoms with E-state index in [4.69, 9.17) is 17.0 Å². The zero-order chi connectivity index (χ0) is 14.1. The fourth-order valence-corrected chi connectivity index (χ4v) is 3.00. The number of hydrogen-bond acceptors (Lipinski definition) is 2. The molecule has 2 aromatic rings. The molecule has 3 nitrogen and oxygen atoms in total. The van der Waals surface area contributed by atoms with Gasteiger partial charge in [0.25, 0.3) is 0 Å². The van der Waals surface area contributed by atoms with Crippen LogP contribution in [0.15, 0.2) is 12.1 Å². The van der Waals surface area contributed by atoms with E-state index < -0.39 is 0 Å². The van der Waals surface area contributed by atoms with E-state index in [0.717, 1.165) is 43.1 Å². The minimum atomic E-state index is -0.203. The maximum atomic E-state index is 13.7. The number of imidazole rings is 1. The van der Waals surface area contributed by atoms with Crippen molar-refractivity contribution in [2.75, 3.05) is 13.2 Å². The van der Waals surface area contributed by atoms with Crippen LogP contribution < -0.4 is 0 Å². The summed E-state index contributed by atoms with van der Waals surface area (Å²) < 4.78 is 22.5. The van der Waals surface area contributed by atoms with Crippen molar-refractivity contribution in [3.8, 4) is 0 Å². The summed E-state index contributed by atoms with van der Waals surface area (Å²) in [6.45, 7) is 2.37. The first-order valence-electron chi connectivity index (χ1n) is 6.80. The fourth-order valence-electron chi connectivity index (χ4n) is 2.23. The van der Waals surface area contributed by atoms with Crippen LogP contribution in [-0.2, 0) is 11.3 Å². The van der Waals surface area contributed by atoms with Crippen molar-refractivity contribution < 1.29 is 9.13 Å². The number of ether oxygens (including phenoxy) is 1. The normalized spacial score (nSPS) is 15.1. The molecule has 0 radical (unpaired) electrons. The zero-order valence-electron chi connectivity index (χ0n) is 11.0. The molecule has 108 valence electrons. The van der Waals surface area contributed by atoms with E-state index in [0.29, 0.717) is 8.34 Å². The van der Waals surface area contributed by atoms with Gasteiger partial charge >= 0.3 is 0 Å². The van der Waals surface area contributed by atoms with E-state index >= 15 is 0 Å². The Kier molecular flexibility index (Phi) is 4.42. The lowest BCUT2D eigenvalue weighted by atomic mass is 10.3. The van der Waals surface area contributed by atoms with Crippen molar-refractivity contribution in [1.82, 2.24) is 9.55 Å². The zero-order valence-corrected chi connectivity index (χ0v) is 14.0. The summed E-state index contributed by atoms with van der Waals surface area (Å²) in [7, 11) is 0. The first-order chi connectivity index (χ1) is 9.65. The second-order valence-corrected chi connectivity index (χ2v) is 6.79. The SMILES string of the molecule is Fc1cc2c(cc1I)[nH]c(=S)n2CCCOCC1CC1. The lowest BCUT2D eigenvalue weighted by Crippen LogP contribution is -2.04. The maximum Gasteiger partial charge on any atom is 0.178 e. The third-order valence-corrected chi connectivity index (χ3v) is 4.69. The summed E-state index contributed by atoms with van der Waals surface area (Å²) in [6.07, 6.45) is 3.51. The Balaban J connectivity index is 1.68. The second kappa shape index (κ2) is 6.11. The molecule has 0 bridgehead atoms. The number of benzene rings is 1. The molecule has 0 amide bonds. The van der Waals surface area contributed by atoms with Crippen LogP contribution in [0.5, 0.6) is 0 Å². The Morgan fingerprint density at radius 3 is 3.00 bits per heavy atom. The molecule has 1 aromatic carbocycles. The van der Waals surface area contributed by atoms with Gasteiger partial charge in [0.05, 0.1) is 14.6 Å². The van der Waals surface area contributed by atoms with Crippen molar-refractivity contribution in [2.45, 2.75) is 25.8 Å². The number of aromatic amines is 1. The summed E-state index contributed by atoms with van der Waals surface area (Å²) in [5.41, 5.74) is 1.72. The predicted octanol–water partition coefficient (Wildman–Crippen LogP) is 4.26. The van der Waals surface area contributed by atoms with Crippen molar-refractivity contribution in [2.24, 2.45) is 5.92 Å². The first-order valence-corrected chi connectivity index (χ1v) is 8.29. The smallest absolute Gasteiger partial charge is 0.178 e. The molecule has 1 aliphatic carbocycles. The predicted molar refractivity (Wildman–Crippen MR) is 88.0 cm³/mol. The van der Waals surface area contributed by atoms with Gasteiger partial charge in [0.2, 0.25) is 0 Å². The Bertz CT molecular complexity index is 678. The maximum absolute atomic E-state index is 13.7. The van der Waals surface area contributed by atoms with Crippen molar-refractivity contribution in [3.05, 3.63) is 26.3 Å². The number of rotatable bonds is 6. The molecule has 6 heteroatoms. The van der Waals surface area contributed by atoms with Crippen LogP contribution in [0, 0.1) is 20.1 Å². The minimum Gasteiger partial charge on any atom is -0.381 e. The second-order valence-electron chi connectivity index (χ2n) is 5.24. The summed E-state index contributed by atoms with van der Waals surface area (Å²) in [6, 6.07) is 3.34. The number of aryl methyl sites for hydroxylation is 1. The average Bonchev–Trinajstić information content (AvgIpc) is 3.17. The molecule has 1 fully saturated rings. The van der Waals surface area contributed by atoms with E-state index in [1.54, 1.807) is 12.1 Å². The van der Waals surface area contributed by atoms with Gasteiger partial charge in [-0.15, -0.1) is 0 Å². The monoisotopic (exact) mass is 406 g/mol. The highest BCUT2D eigenvalue weighted by Gasteiger charge is 2.20. The van der Waals surface area contributed by atoms with Gasteiger partial charge in [-0.25, -0.2) is 4.39 Å². The molecule has 0 atom stereocenters. The number of halogens is 2. The van der Waals surface area contributed by atoms with Crippen LogP contribution in [0.1, 0.15) is 19.3 Å². The molecule has 1 aliphatic rings. The van der Waals surface area contributed by atoms with Gasteiger partial charge < -0.3 is 14.3 Å². The van der Waals surface area contributed by atoms with Gasteiger partial charge in [0, 0.05) is 25.8 Å². The van der Waals surface area contributed by atoms with Crippen LogP contribution >= 0.6 is 34.8 Å². The van der Waals surface area contributed by atoms with Crippen molar-refractivity contribution in [3.63, 3.8) is 0 Å². The highest BCUT2D eigenvalue weighted by atomic mass is 127. The molecule has 1 saturated carbocycles. The Morgan fingerprint density at radius 1 is 1.45 bits per heavy atom. The third kappa shape index (κ3) is 3.23. The Hall–Kier alpha value is -0.470. The molecular weight excluding hydrogens is 390 g/mol. The minimum absolute atomic E-state index is 0.203. The molecule has 1 aromatic heterocycles. The van der Waals surface area contributed by atoms with Gasteiger partial charge in [-0.2, -0.15) is 0 Å². The van der Waals surface area contributed by atoms with Crippen LogP contribution in [-0.4, -0.2) is 22.8 Å². The lowest BCUT2D eigenvalue weighted by molar-refractivity contribution is 0.119. The summed E-state index contributed by atoms with van der Waals surface area (Å²) in [4.78, 5) is 3.13. The van der Waals surface area contributed by atoms with E-state index in [1.165, 1.54) is 12.8 Å². The molecule has 1 N–H and O–H groups in total. The van der Waals surface area contributed by atoms with Crippen LogP contribution in [0.2, 0.25) is 0 Å². The van der Waals surface area contributed by atoms with Gasteiger partial charge in [-0.1, -0.05) is 0 Å². The standard InChI is InChI=1S/C14H16FIN2OS/c15-10-6-13-12(7-11(10)16)17-14(20)18(13)4-1-5-19-8-9-2-3-9/h6-7,9H,1-5,8H2,(H,17,20). The third-order valence-electron chi connectivity index (χ3n) is 3.54. The molecule has 0 saturated heterocycles. The fraction of sp³-hybridized carbons (Fsp3) is 0.500. The van der Waals surface area contributed by atoms with Crippen molar-refractivity contribution >= 4 is 45.8 Å². The molecule has 3 rings (SSSR count). The number of H-pyrrole nitrogens is 1. The summed E-state index contributed by atoms with van der Waals surface area (Å²) >= 11 is 7.30. The Morgan fingerprint density at radius 2 is 2.25 bits per heavy atom. The van der Waals surface area contributed by atoms with E-state index in [9.17, 15) is 4.39 Å². The number of fused-ring (bicyclic) bond motifs is 1. The molecular formula is C14H16FIN2OS. The molecule has 1 heterocycles. The molecule has 0 unspecified atom stereocenters. The molecule has 0 aliphatic heterocycles. The largest absolute Gasteiger partial charge is 0.381 e. The number of nitrogens with one attached hydrogen (secondary N) is 1. The lowest BCUT2D eigenvalue weighted by Gasteiger charge is -2.06. The molecule has 0 spiro atoms. The van der Waals surface area contributed by atoms with Crippen LogP contribution in [0.3, 0.4) is 0 Å². The molecule has 20 heavy (non-hydrogen) atoms. The highest BCUT2D eigenvalue weighted by Crippen LogP contribution is 2.28. The van der Waals surface area contributed by atoms with E-state index in [2.05, 4.69) is 4.98 Å². The highest BCUT2D eigenvalue weighted by molar-refractivity contribution is 14.1. The van der Waals surface area contributed by atoms with Gasteiger partial charge in [-0.3, -0.25) is 0 Å². The number of hydrogen-bond donors (Lipinski definition) is 1. The van der Waals surface area contributed by atoms with Gasteiger partial charge in [0.1, 0.15) is 5.82 Å². The summed E-state index contributed by atoms with van der Waals surface area (Å²) in [5.74, 6) is 0.590. The first kappa shape index (κ1) is 14.5. The van der Waals surface area contributed by atoms with Gasteiger partial charge in [0.15, 0.2) is 4.77 Å². The quantitative estimate of drug-likeness (QED) is 0.442. The number of nitrogens with zero attached hydrogens (tertiary/aromatic N) is 1. The average molecular weight is 406 g/mol. The number of aromatic nitrogens is 2. The van der Waals surface area contributed by atoms with E-state index in [-0.39, 0.29) is 5.82 Å². The van der Waals surface area contributed by atoms with Gasteiger partial charge in [-0.05, 0) is 66.1 Å². The van der Waals surface area contributed by atoms with Crippen molar-refractivity contribution in [1.29, 1.82) is 0 Å². The van der Waals surface area contributed by atoms with E-state index in [1.807, 2.05) is 27.2 Å².